The van der Waals surface area contributed by atoms with Crippen LogP contribution in [0.5, 0.6) is 0 Å². The van der Waals surface area contributed by atoms with Gasteiger partial charge >= 0.3 is 0 Å². The minimum Gasteiger partial charge on any atom is -0.346 e. The fourth-order valence-electron chi connectivity index (χ4n) is 2.62. The molecule has 2 heterocycles. The van der Waals surface area contributed by atoms with Crippen LogP contribution in [0.4, 0.5) is 4.39 Å². The van der Waals surface area contributed by atoms with Crippen LogP contribution >= 0.6 is 0 Å². The average molecular weight is 289 g/mol. The second-order valence-corrected chi connectivity index (χ2v) is 5.69. The van der Waals surface area contributed by atoms with Crippen molar-refractivity contribution in [2.75, 3.05) is 13.1 Å². The van der Waals surface area contributed by atoms with Crippen molar-refractivity contribution in [3.8, 4) is 0 Å². The number of halogens is 1. The van der Waals surface area contributed by atoms with Gasteiger partial charge in [-0.2, -0.15) is 0 Å². The number of amides is 1. The summed E-state index contributed by atoms with van der Waals surface area (Å²) in [6, 6.07) is 5.55. The maximum atomic E-state index is 14.0. The standard InChI is InChI=1S/C15H16FN3O2/c1-15(4-5-17-8-15)19-14(21)10-6-9-2-3-12(20)18-13(9)11(16)7-10/h2-3,6-7,17H,4-5,8H2,1H3,(H,18,20)(H,19,21). The van der Waals surface area contributed by atoms with Crippen LogP contribution in [-0.4, -0.2) is 29.5 Å². The van der Waals surface area contributed by atoms with Gasteiger partial charge in [-0.05, 0) is 38.1 Å². The van der Waals surface area contributed by atoms with Crippen LogP contribution in [0.1, 0.15) is 23.7 Å². The molecule has 5 nitrogen and oxygen atoms in total. The lowest BCUT2D eigenvalue weighted by Gasteiger charge is -2.24. The zero-order valence-electron chi connectivity index (χ0n) is 11.6. The molecule has 1 aliphatic rings. The molecule has 0 bridgehead atoms. The van der Waals surface area contributed by atoms with E-state index in [1.807, 2.05) is 6.92 Å². The number of carbonyl (C=O) groups is 1. The van der Waals surface area contributed by atoms with Crippen molar-refractivity contribution in [2.24, 2.45) is 0 Å². The summed E-state index contributed by atoms with van der Waals surface area (Å²) in [6.45, 7) is 3.51. The molecule has 0 radical (unpaired) electrons. The number of rotatable bonds is 2. The maximum Gasteiger partial charge on any atom is 0.251 e. The molecule has 2 aromatic rings. The lowest BCUT2D eigenvalue weighted by atomic mass is 10.0. The highest BCUT2D eigenvalue weighted by atomic mass is 19.1. The van der Waals surface area contributed by atoms with Gasteiger partial charge in [0.2, 0.25) is 5.56 Å². The van der Waals surface area contributed by atoms with E-state index in [4.69, 9.17) is 0 Å². The summed E-state index contributed by atoms with van der Waals surface area (Å²) >= 11 is 0. The average Bonchev–Trinajstić information content (AvgIpc) is 2.85. The van der Waals surface area contributed by atoms with Gasteiger partial charge in [-0.15, -0.1) is 0 Å². The molecule has 1 fully saturated rings. The number of aromatic amines is 1. The molecule has 3 rings (SSSR count). The first-order valence-electron chi connectivity index (χ1n) is 6.83. The third kappa shape index (κ3) is 2.67. The van der Waals surface area contributed by atoms with Crippen molar-refractivity contribution in [2.45, 2.75) is 18.9 Å². The van der Waals surface area contributed by atoms with Gasteiger partial charge in [-0.1, -0.05) is 0 Å². The number of carbonyl (C=O) groups excluding carboxylic acids is 1. The van der Waals surface area contributed by atoms with Crippen molar-refractivity contribution >= 4 is 16.8 Å². The summed E-state index contributed by atoms with van der Waals surface area (Å²) < 4.78 is 14.0. The predicted octanol–water partition coefficient (Wildman–Crippen LogP) is 1.15. The Balaban J connectivity index is 1.95. The molecule has 1 aromatic carbocycles. The van der Waals surface area contributed by atoms with Gasteiger partial charge in [0.25, 0.3) is 5.91 Å². The van der Waals surface area contributed by atoms with Crippen molar-refractivity contribution in [1.29, 1.82) is 0 Å². The van der Waals surface area contributed by atoms with E-state index in [2.05, 4.69) is 15.6 Å². The van der Waals surface area contributed by atoms with E-state index in [1.54, 1.807) is 6.07 Å². The van der Waals surface area contributed by atoms with E-state index in [1.165, 1.54) is 12.1 Å². The molecule has 1 saturated heterocycles. The number of hydrogen-bond acceptors (Lipinski definition) is 3. The van der Waals surface area contributed by atoms with Gasteiger partial charge in [0.05, 0.1) is 11.1 Å². The summed E-state index contributed by atoms with van der Waals surface area (Å²) in [7, 11) is 0. The second kappa shape index (κ2) is 4.96. The van der Waals surface area contributed by atoms with Crippen LogP contribution in [-0.2, 0) is 0 Å². The first kappa shape index (κ1) is 13.8. The zero-order valence-corrected chi connectivity index (χ0v) is 11.6. The minimum absolute atomic E-state index is 0.118. The number of aromatic nitrogens is 1. The quantitative estimate of drug-likeness (QED) is 0.776. The van der Waals surface area contributed by atoms with E-state index in [9.17, 15) is 14.0 Å². The van der Waals surface area contributed by atoms with Gasteiger partial charge in [-0.25, -0.2) is 4.39 Å². The molecule has 110 valence electrons. The maximum absolute atomic E-state index is 14.0. The van der Waals surface area contributed by atoms with E-state index in [0.717, 1.165) is 19.0 Å². The fraction of sp³-hybridized carbons (Fsp3) is 0.333. The molecule has 3 N–H and O–H groups in total. The van der Waals surface area contributed by atoms with Crippen LogP contribution in [0.2, 0.25) is 0 Å². The summed E-state index contributed by atoms with van der Waals surface area (Å²) in [5.74, 6) is -0.918. The van der Waals surface area contributed by atoms with Crippen LogP contribution < -0.4 is 16.2 Å². The van der Waals surface area contributed by atoms with E-state index in [0.29, 0.717) is 11.9 Å². The molecule has 0 aliphatic carbocycles. The van der Waals surface area contributed by atoms with Crippen molar-refractivity contribution < 1.29 is 9.18 Å². The monoisotopic (exact) mass is 289 g/mol. The largest absolute Gasteiger partial charge is 0.346 e. The fourth-order valence-corrected chi connectivity index (χ4v) is 2.62. The number of hydrogen-bond donors (Lipinski definition) is 3. The van der Waals surface area contributed by atoms with Gasteiger partial charge in [0.15, 0.2) is 0 Å². The number of H-pyrrole nitrogens is 1. The van der Waals surface area contributed by atoms with Gasteiger partial charge < -0.3 is 15.6 Å². The van der Waals surface area contributed by atoms with Crippen molar-refractivity contribution in [3.63, 3.8) is 0 Å². The third-order valence-electron chi connectivity index (χ3n) is 3.83. The summed E-state index contributed by atoms with van der Waals surface area (Å²) in [6.07, 6.45) is 0.835. The minimum atomic E-state index is -0.606. The van der Waals surface area contributed by atoms with Crippen LogP contribution in [0.15, 0.2) is 29.1 Å². The number of nitrogens with one attached hydrogen (secondary N) is 3. The highest BCUT2D eigenvalue weighted by molar-refractivity contribution is 5.98. The molecule has 1 aromatic heterocycles. The van der Waals surface area contributed by atoms with Crippen molar-refractivity contribution in [1.82, 2.24) is 15.6 Å². The third-order valence-corrected chi connectivity index (χ3v) is 3.83. The van der Waals surface area contributed by atoms with Crippen molar-refractivity contribution in [3.05, 3.63) is 46.0 Å². The Morgan fingerprint density at radius 1 is 1.38 bits per heavy atom. The first-order valence-corrected chi connectivity index (χ1v) is 6.83. The number of fused-ring (bicyclic) bond motifs is 1. The molecule has 1 unspecified atom stereocenters. The Bertz CT molecular complexity index is 763. The molecule has 21 heavy (non-hydrogen) atoms. The summed E-state index contributed by atoms with van der Waals surface area (Å²) in [5.41, 5.74) is -0.316. The van der Waals surface area contributed by atoms with Gasteiger partial charge in [0.1, 0.15) is 5.82 Å². The van der Waals surface area contributed by atoms with Crippen LogP contribution in [0.3, 0.4) is 0 Å². The van der Waals surface area contributed by atoms with Crippen LogP contribution in [0, 0.1) is 5.82 Å². The molecule has 0 spiro atoms. The van der Waals surface area contributed by atoms with Gasteiger partial charge in [-0.3, -0.25) is 9.59 Å². The Morgan fingerprint density at radius 3 is 2.90 bits per heavy atom. The van der Waals surface area contributed by atoms with E-state index >= 15 is 0 Å². The summed E-state index contributed by atoms with van der Waals surface area (Å²) in [5, 5.41) is 6.62. The SMILES string of the molecule is CC1(NC(=O)c2cc(F)c3[nH]c(=O)ccc3c2)CCNC1. The molecule has 1 atom stereocenters. The zero-order chi connectivity index (χ0) is 15.0. The second-order valence-electron chi connectivity index (χ2n) is 5.69. The Labute approximate surface area is 120 Å². The Hall–Kier alpha value is -2.21. The Kier molecular flexibility index (Phi) is 3.25. The Morgan fingerprint density at radius 2 is 2.19 bits per heavy atom. The molecule has 1 aliphatic heterocycles. The summed E-state index contributed by atoms with van der Waals surface area (Å²) in [4.78, 5) is 25.9. The normalized spacial score (nSPS) is 21.6. The predicted molar refractivity (Wildman–Crippen MR) is 77.9 cm³/mol. The number of benzene rings is 1. The lowest BCUT2D eigenvalue weighted by Crippen LogP contribution is -2.47. The lowest BCUT2D eigenvalue weighted by molar-refractivity contribution is 0.0913. The smallest absolute Gasteiger partial charge is 0.251 e. The molecular formula is C15H16FN3O2. The molecular weight excluding hydrogens is 273 g/mol. The highest BCUT2D eigenvalue weighted by Gasteiger charge is 2.30. The molecule has 1 amide bonds. The number of pyridine rings is 1. The highest BCUT2D eigenvalue weighted by Crippen LogP contribution is 2.19. The molecule has 6 heteroatoms. The van der Waals surface area contributed by atoms with E-state index in [-0.39, 0.29) is 28.1 Å². The first-order chi connectivity index (χ1) is 9.97. The van der Waals surface area contributed by atoms with Gasteiger partial charge in [0, 0.05) is 23.6 Å². The van der Waals surface area contributed by atoms with E-state index < -0.39 is 5.82 Å². The molecule has 0 saturated carbocycles. The van der Waals surface area contributed by atoms with Crippen LogP contribution in [0.25, 0.3) is 10.9 Å². The topological polar surface area (TPSA) is 74.0 Å².